The molecule has 1 fully saturated rings. The lowest BCUT2D eigenvalue weighted by Gasteiger charge is -2.30. The Balaban J connectivity index is 1.63. The fourth-order valence-electron chi connectivity index (χ4n) is 2.38. The lowest BCUT2D eigenvalue weighted by molar-refractivity contribution is 0.174. The molecule has 0 spiro atoms. The molecule has 1 atom stereocenters. The van der Waals surface area contributed by atoms with Crippen LogP contribution in [-0.2, 0) is 6.54 Å². The second-order valence-electron chi connectivity index (χ2n) is 4.90. The van der Waals surface area contributed by atoms with E-state index in [0.29, 0.717) is 24.3 Å². The molecule has 3 heterocycles. The summed E-state index contributed by atoms with van der Waals surface area (Å²) in [6, 6.07) is 4.56. The van der Waals surface area contributed by atoms with E-state index in [1.165, 1.54) is 12.8 Å². The molecule has 1 unspecified atom stereocenters. The van der Waals surface area contributed by atoms with Gasteiger partial charge in [0.05, 0.1) is 11.4 Å². The van der Waals surface area contributed by atoms with Gasteiger partial charge < -0.3 is 9.84 Å². The first-order valence-corrected chi connectivity index (χ1v) is 7.48. The average Bonchev–Trinajstić information content (AvgIpc) is 3.10. The second-order valence-corrected chi connectivity index (χ2v) is 5.85. The maximum atomic E-state index is 5.33. The maximum Gasteiger partial charge on any atom is 0.241 e. The van der Waals surface area contributed by atoms with Crippen LogP contribution in [0.5, 0.6) is 0 Å². The number of nitrogens with one attached hydrogen (secondary N) is 1. The highest BCUT2D eigenvalue weighted by atomic mass is 32.1. The van der Waals surface area contributed by atoms with E-state index in [4.69, 9.17) is 4.52 Å². The molecule has 102 valence electrons. The van der Waals surface area contributed by atoms with E-state index in [-0.39, 0.29) is 0 Å². The molecule has 0 bridgehead atoms. The Kier molecular flexibility index (Phi) is 3.91. The fraction of sp³-hybridized carbons (Fsp3) is 0.538. The summed E-state index contributed by atoms with van der Waals surface area (Å²) in [5, 5.41) is 9.48. The number of piperidine rings is 1. The first-order valence-electron chi connectivity index (χ1n) is 6.60. The predicted molar refractivity (Wildman–Crippen MR) is 75.0 cm³/mol. The quantitative estimate of drug-likeness (QED) is 0.927. The number of nitrogens with zero attached hydrogens (tertiary/aromatic N) is 3. The lowest BCUT2D eigenvalue weighted by atomic mass is 10.1. The molecule has 1 aliphatic rings. The van der Waals surface area contributed by atoms with Crippen LogP contribution in [0.15, 0.2) is 22.0 Å². The molecule has 5 nitrogen and oxygen atoms in total. The highest BCUT2D eigenvalue weighted by Crippen LogP contribution is 2.21. The molecule has 1 saturated heterocycles. The minimum atomic E-state index is 0.561. The van der Waals surface area contributed by atoms with Gasteiger partial charge in [0.1, 0.15) is 0 Å². The van der Waals surface area contributed by atoms with Crippen molar-refractivity contribution in [2.45, 2.75) is 25.4 Å². The van der Waals surface area contributed by atoms with Gasteiger partial charge in [0, 0.05) is 12.6 Å². The monoisotopic (exact) mass is 278 g/mol. The van der Waals surface area contributed by atoms with E-state index in [9.17, 15) is 0 Å². The molecule has 2 aromatic rings. The van der Waals surface area contributed by atoms with Gasteiger partial charge in [-0.05, 0) is 37.9 Å². The summed E-state index contributed by atoms with van der Waals surface area (Å²) >= 11 is 1.63. The van der Waals surface area contributed by atoms with Crippen LogP contribution in [0.25, 0.3) is 10.7 Å². The lowest BCUT2D eigenvalue weighted by Crippen LogP contribution is -2.43. The van der Waals surface area contributed by atoms with Crippen molar-refractivity contribution in [2.24, 2.45) is 0 Å². The largest absolute Gasteiger partial charge is 0.338 e. The summed E-state index contributed by atoms with van der Waals surface area (Å²) in [6.45, 7) is 2.89. The first-order chi connectivity index (χ1) is 9.33. The van der Waals surface area contributed by atoms with Crippen LogP contribution in [0.3, 0.4) is 0 Å². The Morgan fingerprint density at radius 2 is 2.53 bits per heavy atom. The number of likely N-dealkylation sites (N-methyl/N-ethyl adjacent to an activating group) is 1. The van der Waals surface area contributed by atoms with Crippen LogP contribution < -0.4 is 5.32 Å². The standard InChI is InChI=1S/C13H18N4OS/c1-17(10-4-2-6-14-8-10)9-12-15-13(16-18-12)11-5-3-7-19-11/h3,5,7,10,14H,2,4,6,8-9H2,1H3. The van der Waals surface area contributed by atoms with E-state index >= 15 is 0 Å². The zero-order valence-electron chi connectivity index (χ0n) is 11.0. The van der Waals surface area contributed by atoms with E-state index < -0.39 is 0 Å². The van der Waals surface area contributed by atoms with Gasteiger partial charge >= 0.3 is 0 Å². The molecule has 1 aliphatic heterocycles. The Hall–Kier alpha value is -1.24. The number of rotatable bonds is 4. The zero-order chi connectivity index (χ0) is 13.1. The number of hydrogen-bond donors (Lipinski definition) is 1. The fourth-order valence-corrected chi connectivity index (χ4v) is 3.03. The molecular weight excluding hydrogens is 260 g/mol. The molecule has 0 radical (unpaired) electrons. The van der Waals surface area contributed by atoms with Crippen molar-refractivity contribution < 1.29 is 4.52 Å². The van der Waals surface area contributed by atoms with Crippen LogP contribution in [0, 0.1) is 0 Å². The molecule has 0 saturated carbocycles. The minimum absolute atomic E-state index is 0.561. The van der Waals surface area contributed by atoms with Crippen molar-refractivity contribution in [2.75, 3.05) is 20.1 Å². The summed E-state index contributed by atoms with van der Waals surface area (Å²) < 4.78 is 5.33. The van der Waals surface area contributed by atoms with Crippen LogP contribution in [-0.4, -0.2) is 41.2 Å². The van der Waals surface area contributed by atoms with Crippen molar-refractivity contribution >= 4 is 11.3 Å². The SMILES string of the molecule is CN(Cc1nc(-c2cccs2)no1)C1CCCNC1. The summed E-state index contributed by atoms with van der Waals surface area (Å²) in [5.74, 6) is 1.39. The molecule has 0 aliphatic carbocycles. The molecule has 2 aromatic heterocycles. The maximum absolute atomic E-state index is 5.33. The van der Waals surface area contributed by atoms with Crippen LogP contribution in [0.2, 0.25) is 0 Å². The van der Waals surface area contributed by atoms with Crippen LogP contribution in [0.4, 0.5) is 0 Å². The highest BCUT2D eigenvalue weighted by molar-refractivity contribution is 7.13. The number of hydrogen-bond acceptors (Lipinski definition) is 6. The summed E-state index contributed by atoms with van der Waals surface area (Å²) in [6.07, 6.45) is 2.47. The summed E-state index contributed by atoms with van der Waals surface area (Å²) in [5.41, 5.74) is 0. The minimum Gasteiger partial charge on any atom is -0.338 e. The van der Waals surface area contributed by atoms with E-state index in [1.54, 1.807) is 11.3 Å². The number of aromatic nitrogens is 2. The smallest absolute Gasteiger partial charge is 0.241 e. The van der Waals surface area contributed by atoms with E-state index in [2.05, 4.69) is 27.4 Å². The van der Waals surface area contributed by atoms with Gasteiger partial charge in [0.15, 0.2) is 0 Å². The van der Waals surface area contributed by atoms with Crippen molar-refractivity contribution in [3.8, 4) is 10.7 Å². The van der Waals surface area contributed by atoms with Gasteiger partial charge in [-0.1, -0.05) is 11.2 Å². The Morgan fingerprint density at radius 3 is 3.26 bits per heavy atom. The topological polar surface area (TPSA) is 54.2 Å². The Morgan fingerprint density at radius 1 is 1.58 bits per heavy atom. The Bertz CT molecular complexity index is 504. The van der Waals surface area contributed by atoms with Gasteiger partial charge in [-0.25, -0.2) is 0 Å². The third-order valence-electron chi connectivity index (χ3n) is 3.49. The molecule has 0 aromatic carbocycles. The van der Waals surface area contributed by atoms with Crippen LogP contribution in [0.1, 0.15) is 18.7 Å². The van der Waals surface area contributed by atoms with Gasteiger partial charge in [-0.3, -0.25) is 4.90 Å². The third-order valence-corrected chi connectivity index (χ3v) is 4.35. The second kappa shape index (κ2) is 5.81. The summed E-state index contributed by atoms with van der Waals surface area (Å²) in [4.78, 5) is 7.80. The molecule has 19 heavy (non-hydrogen) atoms. The number of thiophene rings is 1. The molecular formula is C13H18N4OS. The van der Waals surface area contributed by atoms with Crippen molar-refractivity contribution in [3.63, 3.8) is 0 Å². The average molecular weight is 278 g/mol. The Labute approximate surface area is 116 Å². The van der Waals surface area contributed by atoms with Crippen LogP contribution >= 0.6 is 11.3 Å². The van der Waals surface area contributed by atoms with Crippen molar-refractivity contribution in [1.82, 2.24) is 20.4 Å². The predicted octanol–water partition coefficient (Wildman–Crippen LogP) is 1.98. The molecule has 1 N–H and O–H groups in total. The molecule has 6 heteroatoms. The van der Waals surface area contributed by atoms with E-state index in [1.807, 2.05) is 17.5 Å². The van der Waals surface area contributed by atoms with Crippen molar-refractivity contribution in [1.29, 1.82) is 0 Å². The third kappa shape index (κ3) is 3.02. The summed E-state index contributed by atoms with van der Waals surface area (Å²) in [7, 11) is 2.12. The normalized spacial score (nSPS) is 20.0. The first kappa shape index (κ1) is 12.8. The van der Waals surface area contributed by atoms with Gasteiger partial charge in [0.25, 0.3) is 0 Å². The highest BCUT2D eigenvalue weighted by Gasteiger charge is 2.20. The molecule has 3 rings (SSSR count). The van der Waals surface area contributed by atoms with Gasteiger partial charge in [-0.2, -0.15) is 4.98 Å². The zero-order valence-corrected chi connectivity index (χ0v) is 11.8. The molecule has 0 amide bonds. The van der Waals surface area contributed by atoms with Gasteiger partial charge in [-0.15, -0.1) is 11.3 Å². The van der Waals surface area contributed by atoms with Gasteiger partial charge in [0.2, 0.25) is 11.7 Å². The van der Waals surface area contributed by atoms with E-state index in [0.717, 1.165) is 18.0 Å². The van der Waals surface area contributed by atoms with Crippen molar-refractivity contribution in [3.05, 3.63) is 23.4 Å².